The first-order valence-electron chi connectivity index (χ1n) is 8.43. The van der Waals surface area contributed by atoms with Crippen molar-refractivity contribution in [3.05, 3.63) is 89.5 Å². The Balaban J connectivity index is 1.66. The highest BCUT2D eigenvalue weighted by Crippen LogP contribution is 2.15. The Bertz CT molecular complexity index is 922. The zero-order valence-corrected chi connectivity index (χ0v) is 15.3. The lowest BCUT2D eigenvalue weighted by atomic mass is 10.1. The third-order valence-corrected chi connectivity index (χ3v) is 3.77. The third-order valence-electron chi connectivity index (χ3n) is 3.77. The minimum Gasteiger partial charge on any atom is -0.336 e. The van der Waals surface area contributed by atoms with Crippen LogP contribution < -0.4 is 9.68 Å². The van der Waals surface area contributed by atoms with Gasteiger partial charge in [0, 0.05) is 12.1 Å². The van der Waals surface area contributed by atoms with Crippen molar-refractivity contribution >= 4 is 11.4 Å². The van der Waals surface area contributed by atoms with E-state index in [-0.39, 0.29) is 23.4 Å². The topological polar surface area (TPSA) is 56.1 Å². The van der Waals surface area contributed by atoms with Crippen molar-refractivity contribution in [3.8, 4) is 11.8 Å². The largest absolute Gasteiger partial charge is 0.336 e. The Kier molecular flexibility index (Phi) is 6.06. The van der Waals surface area contributed by atoms with Crippen LogP contribution in [0.4, 0.5) is 8.78 Å². The molecule has 28 heavy (non-hydrogen) atoms. The Labute approximate surface area is 160 Å². The molecule has 1 aromatic heterocycles. The normalized spacial score (nSPS) is 12.0. The van der Waals surface area contributed by atoms with E-state index in [1.54, 1.807) is 56.3 Å². The average Bonchev–Trinajstić information content (AvgIpc) is 2.71. The summed E-state index contributed by atoms with van der Waals surface area (Å²) in [6.45, 7) is 3.48. The number of rotatable bonds is 6. The second-order valence-electron chi connectivity index (χ2n) is 5.86. The first-order valence-corrected chi connectivity index (χ1v) is 8.43. The molecule has 0 unspecified atom stereocenters. The van der Waals surface area contributed by atoms with Gasteiger partial charge >= 0.3 is 0 Å². The van der Waals surface area contributed by atoms with Gasteiger partial charge < -0.3 is 9.68 Å². The highest BCUT2D eigenvalue weighted by atomic mass is 19.1. The van der Waals surface area contributed by atoms with E-state index in [9.17, 15) is 8.78 Å². The Hall–Kier alpha value is -3.61. The van der Waals surface area contributed by atoms with Crippen molar-refractivity contribution in [2.75, 3.05) is 0 Å². The SMILES string of the molecule is C/C(=N/Oc1cccc(O/N=C(/C)c2ccc(F)cc2)n1)c1ccc(F)cc1. The molecule has 0 saturated carbocycles. The predicted molar refractivity (Wildman–Crippen MR) is 103 cm³/mol. The first kappa shape index (κ1) is 19.2. The number of hydrogen-bond acceptors (Lipinski definition) is 5. The summed E-state index contributed by atoms with van der Waals surface area (Å²) in [5.74, 6) is -0.205. The van der Waals surface area contributed by atoms with Gasteiger partial charge in [-0.2, -0.15) is 4.98 Å². The van der Waals surface area contributed by atoms with Gasteiger partial charge in [0.2, 0.25) is 0 Å². The zero-order valence-electron chi connectivity index (χ0n) is 15.3. The van der Waals surface area contributed by atoms with Crippen LogP contribution in [-0.4, -0.2) is 16.4 Å². The van der Waals surface area contributed by atoms with Gasteiger partial charge in [0.25, 0.3) is 11.8 Å². The van der Waals surface area contributed by atoms with Gasteiger partial charge in [0.1, 0.15) is 11.6 Å². The average molecular weight is 381 g/mol. The Morgan fingerprint density at radius 1 is 0.679 bits per heavy atom. The van der Waals surface area contributed by atoms with Crippen LogP contribution in [0.3, 0.4) is 0 Å². The summed E-state index contributed by atoms with van der Waals surface area (Å²) in [6.07, 6.45) is 0. The highest BCUT2D eigenvalue weighted by Gasteiger charge is 2.04. The molecule has 0 saturated heterocycles. The van der Waals surface area contributed by atoms with E-state index in [2.05, 4.69) is 15.3 Å². The van der Waals surface area contributed by atoms with Crippen molar-refractivity contribution in [2.45, 2.75) is 13.8 Å². The number of aromatic nitrogens is 1. The molecule has 2 aromatic carbocycles. The van der Waals surface area contributed by atoms with Crippen molar-refractivity contribution in [3.63, 3.8) is 0 Å². The number of halogens is 2. The van der Waals surface area contributed by atoms with E-state index in [1.165, 1.54) is 24.3 Å². The first-order chi connectivity index (χ1) is 13.5. The summed E-state index contributed by atoms with van der Waals surface area (Å²) in [6, 6.07) is 16.7. The summed E-state index contributed by atoms with van der Waals surface area (Å²) in [5.41, 5.74) is 2.60. The summed E-state index contributed by atoms with van der Waals surface area (Å²) >= 11 is 0. The molecule has 0 aliphatic rings. The number of hydrogen-bond donors (Lipinski definition) is 0. The fourth-order valence-corrected chi connectivity index (χ4v) is 2.22. The van der Waals surface area contributed by atoms with Crippen LogP contribution in [0, 0.1) is 11.6 Å². The molecule has 0 aliphatic heterocycles. The van der Waals surface area contributed by atoms with E-state index in [0.29, 0.717) is 11.4 Å². The zero-order chi connectivity index (χ0) is 19.9. The van der Waals surface area contributed by atoms with Gasteiger partial charge in [-0.25, -0.2) is 8.78 Å². The summed E-state index contributed by atoms with van der Waals surface area (Å²) in [7, 11) is 0. The number of benzene rings is 2. The molecular formula is C21H17F2N3O2. The van der Waals surface area contributed by atoms with Crippen molar-refractivity contribution < 1.29 is 18.5 Å². The van der Waals surface area contributed by atoms with Gasteiger partial charge in [0.05, 0.1) is 11.4 Å². The molecule has 0 N–H and O–H groups in total. The molecule has 0 amide bonds. The number of oxime groups is 2. The van der Waals surface area contributed by atoms with Crippen LogP contribution in [0.1, 0.15) is 25.0 Å². The van der Waals surface area contributed by atoms with Gasteiger partial charge in [0.15, 0.2) is 0 Å². The maximum Gasteiger partial charge on any atom is 0.252 e. The molecule has 3 aromatic rings. The molecule has 0 bridgehead atoms. The maximum atomic E-state index is 13.0. The van der Waals surface area contributed by atoms with E-state index in [4.69, 9.17) is 9.68 Å². The molecule has 0 radical (unpaired) electrons. The van der Waals surface area contributed by atoms with Gasteiger partial charge in [-0.05, 0) is 49.2 Å². The number of pyridine rings is 1. The van der Waals surface area contributed by atoms with Gasteiger partial charge in [-0.1, -0.05) is 40.6 Å². The van der Waals surface area contributed by atoms with E-state index < -0.39 is 0 Å². The fraction of sp³-hybridized carbons (Fsp3) is 0.0952. The molecule has 5 nitrogen and oxygen atoms in total. The van der Waals surface area contributed by atoms with E-state index in [1.807, 2.05) is 0 Å². The Morgan fingerprint density at radius 3 is 1.46 bits per heavy atom. The second kappa shape index (κ2) is 8.85. The molecule has 0 spiro atoms. The fourth-order valence-electron chi connectivity index (χ4n) is 2.22. The minimum atomic E-state index is -0.319. The molecule has 142 valence electrons. The van der Waals surface area contributed by atoms with Crippen molar-refractivity contribution in [1.29, 1.82) is 0 Å². The third kappa shape index (κ3) is 5.20. The van der Waals surface area contributed by atoms with Gasteiger partial charge in [-0.15, -0.1) is 0 Å². The van der Waals surface area contributed by atoms with Crippen LogP contribution in [0.25, 0.3) is 0 Å². The van der Waals surface area contributed by atoms with Crippen LogP contribution in [0.5, 0.6) is 11.8 Å². The smallest absolute Gasteiger partial charge is 0.252 e. The molecule has 7 heteroatoms. The van der Waals surface area contributed by atoms with Crippen LogP contribution in [-0.2, 0) is 0 Å². The number of nitrogens with zero attached hydrogens (tertiary/aromatic N) is 3. The standard InChI is InChI=1S/C21H17F2N3O2/c1-14(16-6-10-18(22)11-7-16)25-27-20-4-3-5-21(24-20)28-26-15(2)17-8-12-19(23)13-9-17/h3-13H,1-2H3/b25-14-,26-15-. The van der Waals surface area contributed by atoms with E-state index in [0.717, 1.165) is 11.1 Å². The lowest BCUT2D eigenvalue weighted by molar-refractivity contribution is 0.299. The highest BCUT2D eigenvalue weighted by molar-refractivity contribution is 5.98. The predicted octanol–water partition coefficient (Wildman–Crippen LogP) is 4.97. The molecule has 0 aliphatic carbocycles. The molecular weight excluding hydrogens is 364 g/mol. The van der Waals surface area contributed by atoms with E-state index >= 15 is 0 Å². The van der Waals surface area contributed by atoms with Crippen molar-refractivity contribution in [2.24, 2.45) is 10.3 Å². The molecule has 0 fully saturated rings. The summed E-state index contributed by atoms with van der Waals surface area (Å²) in [4.78, 5) is 14.8. The Morgan fingerprint density at radius 2 is 1.07 bits per heavy atom. The molecule has 1 heterocycles. The van der Waals surface area contributed by atoms with Gasteiger partial charge in [-0.3, -0.25) is 0 Å². The van der Waals surface area contributed by atoms with Crippen LogP contribution in [0.2, 0.25) is 0 Å². The minimum absolute atomic E-state index is 0.216. The quantitative estimate of drug-likeness (QED) is 0.448. The lowest BCUT2D eigenvalue weighted by Crippen LogP contribution is -2.00. The molecule has 0 atom stereocenters. The molecule has 3 rings (SSSR count). The summed E-state index contributed by atoms with van der Waals surface area (Å²) < 4.78 is 26.0. The summed E-state index contributed by atoms with van der Waals surface area (Å²) in [5, 5.41) is 7.98. The lowest BCUT2D eigenvalue weighted by Gasteiger charge is -2.04. The van der Waals surface area contributed by atoms with Crippen LogP contribution >= 0.6 is 0 Å². The monoisotopic (exact) mass is 381 g/mol. The second-order valence-corrected chi connectivity index (χ2v) is 5.86. The maximum absolute atomic E-state index is 13.0. The van der Waals surface area contributed by atoms with Crippen molar-refractivity contribution in [1.82, 2.24) is 4.98 Å². The van der Waals surface area contributed by atoms with Crippen LogP contribution in [0.15, 0.2) is 77.0 Å².